The zero-order valence-electron chi connectivity index (χ0n) is 15.7. The average Bonchev–Trinajstić information content (AvgIpc) is 3.37. The van der Waals surface area contributed by atoms with E-state index in [2.05, 4.69) is 21.7 Å². The zero-order valence-corrected chi connectivity index (χ0v) is 17.2. The largest absolute Gasteiger partial charge is 0.347 e. The molecule has 0 saturated heterocycles. The van der Waals surface area contributed by atoms with Crippen LogP contribution >= 0.6 is 22.9 Å². The van der Waals surface area contributed by atoms with Crippen molar-refractivity contribution in [2.75, 3.05) is 6.54 Å². The van der Waals surface area contributed by atoms with Crippen molar-refractivity contribution in [3.63, 3.8) is 0 Å². The molecule has 4 rings (SSSR count). The van der Waals surface area contributed by atoms with E-state index in [0.717, 1.165) is 15.8 Å². The van der Waals surface area contributed by atoms with Gasteiger partial charge < -0.3 is 10.6 Å². The second-order valence-corrected chi connectivity index (χ2v) is 8.58. The quantitative estimate of drug-likeness (QED) is 0.610. The second kappa shape index (κ2) is 8.01. The summed E-state index contributed by atoms with van der Waals surface area (Å²) in [5, 5.41) is 15.2. The van der Waals surface area contributed by atoms with Gasteiger partial charge in [-0.05, 0) is 36.6 Å². The maximum Gasteiger partial charge on any atom is 0.240 e. The minimum atomic E-state index is -0.756. The van der Waals surface area contributed by atoms with Crippen LogP contribution in [0, 0.1) is 17.1 Å². The number of thiazole rings is 1. The number of rotatable bonds is 6. The van der Waals surface area contributed by atoms with Crippen molar-refractivity contribution in [1.82, 2.24) is 15.6 Å². The molecule has 1 fully saturated rings. The van der Waals surface area contributed by atoms with Crippen molar-refractivity contribution in [2.24, 2.45) is 0 Å². The highest BCUT2D eigenvalue weighted by molar-refractivity contribution is 7.18. The molecule has 6 nitrogen and oxygen atoms in total. The Hall–Kier alpha value is -3.02. The van der Waals surface area contributed by atoms with Gasteiger partial charge in [-0.25, -0.2) is 9.37 Å². The lowest BCUT2D eigenvalue weighted by Gasteiger charge is -2.09. The number of hydrogen-bond donors (Lipinski definition) is 2. The summed E-state index contributed by atoms with van der Waals surface area (Å²) >= 11 is 7.86. The van der Waals surface area contributed by atoms with E-state index in [0.29, 0.717) is 28.4 Å². The number of amides is 2. The Balaban J connectivity index is 1.43. The van der Waals surface area contributed by atoms with Crippen LogP contribution in [0.4, 0.5) is 4.39 Å². The van der Waals surface area contributed by atoms with Crippen LogP contribution in [0.5, 0.6) is 0 Å². The summed E-state index contributed by atoms with van der Waals surface area (Å²) in [6, 6.07) is 11.8. The van der Waals surface area contributed by atoms with Crippen molar-refractivity contribution in [3.05, 3.63) is 52.2 Å². The number of halogens is 2. The number of carbonyl (C=O) groups is 2. The number of nitrogens with zero attached hydrogens (tertiary/aromatic N) is 2. The number of fused-ring (bicyclic) bond motifs is 1. The first-order valence-corrected chi connectivity index (χ1v) is 10.4. The maximum absolute atomic E-state index is 13.2. The maximum atomic E-state index is 13.2. The summed E-state index contributed by atoms with van der Waals surface area (Å²) in [6.45, 7) is -0.192. The third-order valence-electron chi connectivity index (χ3n) is 4.80. The number of nitrogens with one attached hydrogen (secondary N) is 2. The Morgan fingerprint density at radius 1 is 1.20 bits per heavy atom. The van der Waals surface area contributed by atoms with Crippen LogP contribution < -0.4 is 10.6 Å². The summed E-state index contributed by atoms with van der Waals surface area (Å²) < 4.78 is 14.0. The molecule has 1 saturated carbocycles. The van der Waals surface area contributed by atoms with E-state index in [1.54, 1.807) is 12.1 Å². The smallest absolute Gasteiger partial charge is 0.240 e. The van der Waals surface area contributed by atoms with Crippen molar-refractivity contribution in [1.29, 1.82) is 5.26 Å². The average molecular weight is 443 g/mol. The fraction of sp³-hybridized carbons (Fsp3) is 0.238. The molecule has 2 N–H and O–H groups in total. The van der Waals surface area contributed by atoms with Gasteiger partial charge in [0.05, 0.1) is 28.8 Å². The molecule has 1 aromatic heterocycles. The first kappa shape index (κ1) is 20.3. The molecule has 2 amide bonds. The fourth-order valence-corrected chi connectivity index (χ4v) is 4.36. The molecule has 3 aromatic rings. The van der Waals surface area contributed by atoms with E-state index < -0.39 is 11.4 Å². The van der Waals surface area contributed by atoms with Crippen molar-refractivity contribution in [3.8, 4) is 17.2 Å². The number of nitriles is 1. The molecule has 0 spiro atoms. The number of hydrogen-bond acceptors (Lipinski definition) is 5. The standard InChI is InChI=1S/C21H16ClFN4O2S/c22-19-14(12-1-3-13(23)4-2-12)5-6-15-20(19)26-18(30-15)9-16(28)25-10-17(29)27-21(11-24)7-8-21/h1-6H,7-10H2,(H,25,28)(H,27,29). The normalized spacial score (nSPS) is 14.2. The van der Waals surface area contributed by atoms with Crippen LogP contribution in [0.1, 0.15) is 17.8 Å². The second-order valence-electron chi connectivity index (χ2n) is 7.08. The molecular formula is C21H16ClFN4O2S. The molecule has 1 aliphatic carbocycles. The molecule has 1 aliphatic rings. The Morgan fingerprint density at radius 2 is 1.93 bits per heavy atom. The molecule has 0 radical (unpaired) electrons. The minimum absolute atomic E-state index is 0.0121. The van der Waals surface area contributed by atoms with E-state index in [1.807, 2.05) is 12.1 Å². The predicted octanol–water partition coefficient (Wildman–Crippen LogP) is 3.59. The van der Waals surface area contributed by atoms with Crippen LogP contribution in [0.15, 0.2) is 36.4 Å². The third-order valence-corrected chi connectivity index (χ3v) is 6.20. The molecule has 9 heteroatoms. The van der Waals surface area contributed by atoms with Gasteiger partial charge in [-0.3, -0.25) is 9.59 Å². The molecule has 0 aliphatic heterocycles. The summed E-state index contributed by atoms with van der Waals surface area (Å²) in [6.07, 6.45) is 1.28. The number of benzene rings is 2. The van der Waals surface area contributed by atoms with Crippen LogP contribution in [0.2, 0.25) is 5.02 Å². The SMILES string of the molecule is N#CC1(NC(=O)CNC(=O)Cc2nc3c(Cl)c(-c4ccc(F)cc4)ccc3s2)CC1. The summed E-state index contributed by atoms with van der Waals surface area (Å²) in [4.78, 5) is 28.5. The van der Waals surface area contributed by atoms with Crippen molar-refractivity contribution >= 4 is 45.0 Å². The summed E-state index contributed by atoms with van der Waals surface area (Å²) in [7, 11) is 0. The molecule has 1 heterocycles. The van der Waals surface area contributed by atoms with E-state index in [9.17, 15) is 14.0 Å². The summed E-state index contributed by atoms with van der Waals surface area (Å²) in [5.74, 6) is -1.06. The van der Waals surface area contributed by atoms with Crippen LogP contribution in [0.25, 0.3) is 21.3 Å². The molecule has 30 heavy (non-hydrogen) atoms. The Kier molecular flexibility index (Phi) is 5.41. The highest BCUT2D eigenvalue weighted by Crippen LogP contribution is 2.36. The number of carbonyl (C=O) groups excluding carboxylic acids is 2. The van der Waals surface area contributed by atoms with E-state index >= 15 is 0 Å². The van der Waals surface area contributed by atoms with Gasteiger partial charge in [0.15, 0.2) is 0 Å². The van der Waals surface area contributed by atoms with Crippen LogP contribution in [-0.4, -0.2) is 28.9 Å². The molecule has 152 valence electrons. The molecule has 0 bridgehead atoms. The topological polar surface area (TPSA) is 94.9 Å². The molecular weight excluding hydrogens is 427 g/mol. The highest BCUT2D eigenvalue weighted by Gasteiger charge is 2.44. The van der Waals surface area contributed by atoms with Gasteiger partial charge in [-0.15, -0.1) is 11.3 Å². The van der Waals surface area contributed by atoms with Crippen LogP contribution in [0.3, 0.4) is 0 Å². The minimum Gasteiger partial charge on any atom is -0.347 e. The lowest BCUT2D eigenvalue weighted by molar-refractivity contribution is -0.126. The molecule has 0 atom stereocenters. The lowest BCUT2D eigenvalue weighted by atomic mass is 10.1. The van der Waals surface area contributed by atoms with Gasteiger partial charge in [0.2, 0.25) is 11.8 Å². The van der Waals surface area contributed by atoms with Gasteiger partial charge in [0.25, 0.3) is 0 Å². The van der Waals surface area contributed by atoms with Gasteiger partial charge in [0, 0.05) is 5.56 Å². The van der Waals surface area contributed by atoms with Crippen LogP contribution in [-0.2, 0) is 16.0 Å². The predicted molar refractivity (Wildman–Crippen MR) is 112 cm³/mol. The van der Waals surface area contributed by atoms with E-state index in [-0.39, 0.29) is 24.7 Å². The Labute approximate surface area is 180 Å². The molecule has 2 aromatic carbocycles. The Bertz CT molecular complexity index is 1180. The van der Waals surface area contributed by atoms with E-state index in [4.69, 9.17) is 16.9 Å². The van der Waals surface area contributed by atoms with Gasteiger partial charge in [0.1, 0.15) is 21.9 Å². The van der Waals surface area contributed by atoms with Crippen molar-refractivity contribution in [2.45, 2.75) is 24.8 Å². The first-order valence-electron chi connectivity index (χ1n) is 9.22. The zero-order chi connectivity index (χ0) is 21.3. The Morgan fingerprint density at radius 3 is 2.60 bits per heavy atom. The van der Waals surface area contributed by atoms with E-state index in [1.165, 1.54) is 23.5 Å². The number of aromatic nitrogens is 1. The summed E-state index contributed by atoms with van der Waals surface area (Å²) in [5.41, 5.74) is 1.32. The molecule has 0 unspecified atom stereocenters. The monoisotopic (exact) mass is 442 g/mol. The lowest BCUT2D eigenvalue weighted by Crippen LogP contribution is -2.43. The van der Waals surface area contributed by atoms with Gasteiger partial charge in [-0.1, -0.05) is 29.8 Å². The first-order chi connectivity index (χ1) is 14.4. The fourth-order valence-electron chi connectivity index (χ4n) is 3.02. The van der Waals surface area contributed by atoms with Gasteiger partial charge >= 0.3 is 0 Å². The third kappa shape index (κ3) is 4.27. The van der Waals surface area contributed by atoms with Gasteiger partial charge in [-0.2, -0.15) is 5.26 Å². The highest BCUT2D eigenvalue weighted by atomic mass is 35.5. The van der Waals surface area contributed by atoms with Crippen molar-refractivity contribution < 1.29 is 14.0 Å².